The number of thiophene rings is 1. The van der Waals surface area contributed by atoms with Gasteiger partial charge in [0.05, 0.1) is 17.9 Å². The van der Waals surface area contributed by atoms with E-state index in [1.165, 1.54) is 0 Å². The Morgan fingerprint density at radius 1 is 1.15 bits per heavy atom. The summed E-state index contributed by atoms with van der Waals surface area (Å²) in [7, 11) is 2.07. The average Bonchev–Trinajstić information content (AvgIpc) is 3.56. The molecule has 0 spiro atoms. The normalized spacial score (nSPS) is 16.3. The first-order valence-corrected chi connectivity index (χ1v) is 12.6. The molecule has 3 aromatic rings. The molecule has 176 valence electrons. The fourth-order valence-electron chi connectivity index (χ4n) is 4.50. The number of carbonyl (C=O) groups excluding carboxylic acids is 1. The molecule has 4 heterocycles. The van der Waals surface area contributed by atoms with Crippen molar-refractivity contribution in [3.8, 4) is 17.0 Å². The number of nitrogens with one attached hydrogen (secondary N) is 2. The smallest absolute Gasteiger partial charge is 0.246 e. The van der Waals surface area contributed by atoms with Crippen LogP contribution in [0, 0.1) is 0 Å². The Morgan fingerprint density at radius 2 is 2.03 bits per heavy atom. The molecule has 1 atom stereocenters. The zero-order valence-corrected chi connectivity index (χ0v) is 20.1. The number of aromatic amines is 1. The first-order chi connectivity index (χ1) is 16.7. The summed E-state index contributed by atoms with van der Waals surface area (Å²) in [5.41, 5.74) is 4.62. The van der Waals surface area contributed by atoms with Crippen molar-refractivity contribution in [1.82, 2.24) is 15.1 Å². The van der Waals surface area contributed by atoms with E-state index >= 15 is 0 Å². The molecule has 0 aliphatic carbocycles. The minimum atomic E-state index is -0.277. The first kappa shape index (κ1) is 22.4. The number of likely N-dealkylation sites (N-methyl/N-ethyl adjacent to an activating group) is 1. The van der Waals surface area contributed by atoms with Gasteiger partial charge in [-0.3, -0.25) is 14.8 Å². The van der Waals surface area contributed by atoms with Crippen molar-refractivity contribution < 1.29 is 9.53 Å². The summed E-state index contributed by atoms with van der Waals surface area (Å²) in [6.45, 7) is 3.43. The molecule has 5 rings (SSSR count). The molecule has 2 aromatic heterocycles. The van der Waals surface area contributed by atoms with Gasteiger partial charge in [-0.1, -0.05) is 6.07 Å². The number of rotatable bonds is 5. The maximum absolute atomic E-state index is 13.4. The second kappa shape index (κ2) is 10.3. The van der Waals surface area contributed by atoms with E-state index in [1.54, 1.807) is 17.5 Å². The van der Waals surface area contributed by atoms with Gasteiger partial charge >= 0.3 is 0 Å². The van der Waals surface area contributed by atoms with Crippen LogP contribution in [0.3, 0.4) is 0 Å². The van der Waals surface area contributed by atoms with Crippen LogP contribution >= 0.6 is 11.3 Å². The largest absolute Gasteiger partial charge is 0.490 e. The molecule has 1 saturated heterocycles. The number of nitrogens with zero attached hydrogens (tertiary/aromatic N) is 3. The molecule has 34 heavy (non-hydrogen) atoms. The molecule has 7 nitrogen and oxygen atoms in total. The minimum absolute atomic E-state index is 0.0134. The average molecular weight is 476 g/mol. The lowest BCUT2D eigenvalue weighted by Crippen LogP contribution is -2.35. The van der Waals surface area contributed by atoms with E-state index in [-0.39, 0.29) is 11.9 Å². The van der Waals surface area contributed by atoms with E-state index in [9.17, 15) is 4.79 Å². The zero-order valence-electron chi connectivity index (χ0n) is 19.2. The van der Waals surface area contributed by atoms with E-state index in [0.29, 0.717) is 12.3 Å². The molecular weight excluding hydrogens is 446 g/mol. The maximum atomic E-state index is 13.4. The number of benzene rings is 1. The lowest BCUT2D eigenvalue weighted by Gasteiger charge is -2.27. The van der Waals surface area contributed by atoms with E-state index in [0.717, 1.165) is 60.7 Å². The van der Waals surface area contributed by atoms with Gasteiger partial charge in [0, 0.05) is 24.5 Å². The topological polar surface area (TPSA) is 73.5 Å². The molecule has 0 radical (unpaired) electrons. The number of likely N-dealkylation sites (tertiary alicyclic amines) is 1. The van der Waals surface area contributed by atoms with E-state index in [1.807, 2.05) is 41.8 Å². The van der Waals surface area contributed by atoms with Crippen molar-refractivity contribution in [3.63, 3.8) is 0 Å². The van der Waals surface area contributed by atoms with Gasteiger partial charge in [0.15, 0.2) is 0 Å². The second-order valence-corrected chi connectivity index (χ2v) is 9.38. The highest BCUT2D eigenvalue weighted by molar-refractivity contribution is 7.08. The van der Waals surface area contributed by atoms with Gasteiger partial charge in [0.1, 0.15) is 18.4 Å². The Kier molecular flexibility index (Phi) is 6.78. The summed E-state index contributed by atoms with van der Waals surface area (Å²) in [4.78, 5) is 17.9. The molecule has 2 N–H and O–H groups in total. The van der Waals surface area contributed by atoms with Crippen molar-refractivity contribution in [3.05, 3.63) is 71.1 Å². The lowest BCUT2D eigenvalue weighted by molar-refractivity contribution is -0.121. The van der Waals surface area contributed by atoms with Crippen LogP contribution in [0.15, 0.2) is 65.5 Å². The van der Waals surface area contributed by atoms with E-state index in [2.05, 4.69) is 49.9 Å². The Labute approximate surface area is 203 Å². The van der Waals surface area contributed by atoms with Gasteiger partial charge in [-0.15, -0.1) is 0 Å². The Hall–Kier alpha value is -3.36. The number of aromatic nitrogens is 2. The molecule has 1 fully saturated rings. The van der Waals surface area contributed by atoms with Gasteiger partial charge in [-0.05, 0) is 84.7 Å². The van der Waals surface area contributed by atoms with Gasteiger partial charge in [-0.2, -0.15) is 16.4 Å². The highest BCUT2D eigenvalue weighted by Crippen LogP contribution is 2.34. The van der Waals surface area contributed by atoms with Crippen molar-refractivity contribution in [2.24, 2.45) is 0 Å². The highest BCUT2D eigenvalue weighted by Gasteiger charge is 2.30. The SMILES string of the molecule is CN1CCOc2cc(-c3ccc(NC(=O)C(c4ccsc4)N4CCCC4)cccn[nH]3)ccc21. The van der Waals surface area contributed by atoms with Crippen LogP contribution in [-0.4, -0.2) is 54.3 Å². The number of hydrogen-bond acceptors (Lipinski definition) is 6. The number of H-pyrrole nitrogens is 1. The molecule has 8 heteroatoms. The van der Waals surface area contributed by atoms with Crippen LogP contribution in [0.4, 0.5) is 11.4 Å². The molecule has 0 bridgehead atoms. The van der Waals surface area contributed by atoms with Gasteiger partial charge in [-0.25, -0.2) is 0 Å². The van der Waals surface area contributed by atoms with Crippen molar-refractivity contribution >= 4 is 28.6 Å². The molecule has 0 saturated carbocycles. The predicted molar refractivity (Wildman–Crippen MR) is 137 cm³/mol. The number of hydrogen-bond donors (Lipinski definition) is 2. The summed E-state index contributed by atoms with van der Waals surface area (Å²) < 4.78 is 5.87. The number of anilines is 2. The number of amides is 1. The van der Waals surface area contributed by atoms with Crippen molar-refractivity contribution in [2.75, 3.05) is 43.5 Å². The number of fused-ring (bicyclic) bond motifs is 1. The molecular formula is C26H29N5O2S. The summed E-state index contributed by atoms with van der Waals surface area (Å²) in [5.74, 6) is 0.846. The van der Waals surface area contributed by atoms with Crippen LogP contribution in [0.2, 0.25) is 0 Å². The fraction of sp³-hybridized carbons (Fsp3) is 0.308. The first-order valence-electron chi connectivity index (χ1n) is 11.6. The second-order valence-electron chi connectivity index (χ2n) is 8.60. The number of carbonyl (C=O) groups is 1. The molecule has 2 aliphatic rings. The van der Waals surface area contributed by atoms with Gasteiger partial charge in [0.2, 0.25) is 5.91 Å². The van der Waals surface area contributed by atoms with Gasteiger partial charge < -0.3 is 15.0 Å². The summed E-state index contributed by atoms with van der Waals surface area (Å²) in [6.07, 6.45) is 3.94. The Morgan fingerprint density at radius 3 is 2.85 bits per heavy atom. The van der Waals surface area contributed by atoms with Crippen molar-refractivity contribution in [2.45, 2.75) is 18.9 Å². The third-order valence-electron chi connectivity index (χ3n) is 6.30. The predicted octanol–water partition coefficient (Wildman–Crippen LogP) is 4.87. The Bertz CT molecular complexity index is 1190. The van der Waals surface area contributed by atoms with Crippen LogP contribution in [0.5, 0.6) is 5.75 Å². The zero-order chi connectivity index (χ0) is 23.3. The van der Waals surface area contributed by atoms with Gasteiger partial charge in [0.25, 0.3) is 0 Å². The Balaban J connectivity index is 1.43. The monoisotopic (exact) mass is 475 g/mol. The summed E-state index contributed by atoms with van der Waals surface area (Å²) in [5, 5.41) is 14.6. The molecule has 1 amide bonds. The van der Waals surface area contributed by atoms with Crippen molar-refractivity contribution in [1.29, 1.82) is 0 Å². The maximum Gasteiger partial charge on any atom is 0.246 e. The molecule has 1 aromatic carbocycles. The van der Waals surface area contributed by atoms with Crippen LogP contribution < -0.4 is 15.0 Å². The third kappa shape index (κ3) is 4.93. The third-order valence-corrected chi connectivity index (χ3v) is 7.00. The standard InChI is InChI=1S/C26H29N5O2S/c1-30-14-15-33-24-17-19(6-9-23(24)30)22-8-7-21(5-4-11-27-29-22)28-26(32)25(20-10-16-34-18-20)31-12-2-3-13-31/h4-11,16-18,25,29H,2-3,12-15H2,1H3,(H,28,32). The lowest BCUT2D eigenvalue weighted by atomic mass is 10.1. The van der Waals surface area contributed by atoms with Crippen LogP contribution in [0.1, 0.15) is 24.4 Å². The summed E-state index contributed by atoms with van der Waals surface area (Å²) >= 11 is 1.62. The van der Waals surface area contributed by atoms with Crippen LogP contribution in [0.25, 0.3) is 11.3 Å². The number of ether oxygens (including phenoxy) is 1. The molecule has 2 aliphatic heterocycles. The highest BCUT2D eigenvalue weighted by atomic mass is 32.1. The summed E-state index contributed by atoms with van der Waals surface area (Å²) in [6, 6.07) is 15.4. The molecule has 1 unspecified atom stereocenters. The van der Waals surface area contributed by atoms with E-state index in [4.69, 9.17) is 4.74 Å². The van der Waals surface area contributed by atoms with Crippen LogP contribution in [-0.2, 0) is 4.79 Å². The van der Waals surface area contributed by atoms with E-state index < -0.39 is 0 Å². The minimum Gasteiger partial charge on any atom is -0.490 e. The quantitative estimate of drug-likeness (QED) is 0.551. The fourth-order valence-corrected chi connectivity index (χ4v) is 5.18.